The normalized spacial score (nSPS) is 38.9. The van der Waals surface area contributed by atoms with E-state index in [4.69, 9.17) is 14.0 Å². The Morgan fingerprint density at radius 3 is 2.55 bits per heavy atom. The molecule has 4 aliphatic rings. The Morgan fingerprint density at radius 2 is 1.90 bits per heavy atom. The molecule has 5 rings (SSSR count). The van der Waals surface area contributed by atoms with Gasteiger partial charge in [-0.15, -0.1) is 0 Å². The number of nitrogens with zero attached hydrogens (tertiary/aromatic N) is 2. The Kier molecular flexibility index (Phi) is 7.65. The van der Waals surface area contributed by atoms with Gasteiger partial charge in [-0.1, -0.05) is 71.3 Å². The molecule has 0 spiro atoms. The fourth-order valence-electron chi connectivity index (χ4n) is 9.58. The SMILES string of the molecule is CCN(CC)CCO/N=C1\C=C[C@]2(C)[C@H]3CC[C@]4(C)C(=CC[C@H]4c4ccoc4)[C@]3(C)[C@H](OC(C)=O)C[C@H]2C1(C)C. The average Bonchev–Trinajstić information content (AvgIpc) is 3.54. The van der Waals surface area contributed by atoms with Crippen molar-refractivity contribution in [3.63, 3.8) is 0 Å². The van der Waals surface area contributed by atoms with Gasteiger partial charge in [-0.2, -0.15) is 0 Å². The number of oxime groups is 1. The molecule has 1 aromatic rings. The van der Waals surface area contributed by atoms with Gasteiger partial charge in [-0.3, -0.25) is 4.79 Å². The van der Waals surface area contributed by atoms with E-state index in [-0.39, 0.29) is 39.7 Å². The van der Waals surface area contributed by atoms with Gasteiger partial charge < -0.3 is 18.9 Å². The van der Waals surface area contributed by atoms with Crippen LogP contribution in [0.2, 0.25) is 0 Å². The molecular weight excluding hydrogens is 500 g/mol. The lowest BCUT2D eigenvalue weighted by molar-refractivity contribution is -0.182. The number of furan rings is 1. The third-order valence-electron chi connectivity index (χ3n) is 11.8. The summed E-state index contributed by atoms with van der Waals surface area (Å²) in [5, 5.41) is 4.68. The smallest absolute Gasteiger partial charge is 0.302 e. The Bertz CT molecular complexity index is 1180. The van der Waals surface area contributed by atoms with Gasteiger partial charge in [0, 0.05) is 24.3 Å². The minimum Gasteiger partial charge on any atom is -0.472 e. The van der Waals surface area contributed by atoms with Gasteiger partial charge >= 0.3 is 5.97 Å². The summed E-state index contributed by atoms with van der Waals surface area (Å²) in [7, 11) is 0. The molecule has 2 fully saturated rings. The number of fused-ring (bicyclic) bond motifs is 5. The van der Waals surface area contributed by atoms with Crippen LogP contribution in [-0.4, -0.2) is 48.9 Å². The Balaban J connectivity index is 1.49. The monoisotopic (exact) mass is 550 g/mol. The molecular formula is C34H50N2O4. The highest BCUT2D eigenvalue weighted by molar-refractivity contribution is 6.00. The molecule has 2 saturated carbocycles. The first kappa shape index (κ1) is 29.2. The second-order valence-electron chi connectivity index (χ2n) is 13.9. The molecule has 0 amide bonds. The van der Waals surface area contributed by atoms with Gasteiger partial charge in [-0.05, 0) is 85.1 Å². The maximum Gasteiger partial charge on any atom is 0.302 e. The number of carbonyl (C=O) groups is 1. The molecule has 0 aromatic carbocycles. The van der Waals surface area contributed by atoms with Crippen LogP contribution in [0.4, 0.5) is 0 Å². The molecule has 0 radical (unpaired) electrons. The number of ether oxygens (including phenoxy) is 1. The summed E-state index contributed by atoms with van der Waals surface area (Å²) >= 11 is 0. The third kappa shape index (κ3) is 4.40. The Morgan fingerprint density at radius 1 is 1.15 bits per heavy atom. The summed E-state index contributed by atoms with van der Waals surface area (Å²) in [4.78, 5) is 20.8. The quantitative estimate of drug-likeness (QED) is 0.146. The molecule has 0 aliphatic heterocycles. The Labute approximate surface area is 241 Å². The zero-order valence-corrected chi connectivity index (χ0v) is 26.0. The standard InChI is InChI=1S/C34H50N2O4/c1-9-36(10-2)18-20-39-35-29-14-17-33(7)27-13-16-32(6)25(24-15-19-38-22-24)11-12-26(32)34(27,8)30(40-23(3)37)21-28(33)31(29,4)5/h12,14-15,17,19,22,25,27-28,30H,9-11,13,16,18,20-21H2,1-8H3/b35-29+/t25-,27+,28-,30+,32-,33+,34-/m0/s1. The van der Waals surface area contributed by atoms with Gasteiger partial charge in [-0.25, -0.2) is 0 Å². The van der Waals surface area contributed by atoms with Gasteiger partial charge in [0.05, 0.1) is 18.2 Å². The van der Waals surface area contributed by atoms with E-state index >= 15 is 0 Å². The fraction of sp³-hybridized carbons (Fsp3) is 0.706. The number of likely N-dealkylation sites (N-methyl/N-ethyl adjacent to an activating group) is 1. The number of hydrogen-bond donors (Lipinski definition) is 0. The summed E-state index contributed by atoms with van der Waals surface area (Å²) in [6.45, 7) is 21.3. The summed E-state index contributed by atoms with van der Waals surface area (Å²) in [5.74, 6) is 0.830. The van der Waals surface area contributed by atoms with Gasteiger partial charge in [0.1, 0.15) is 12.7 Å². The molecule has 6 heteroatoms. The van der Waals surface area contributed by atoms with Crippen molar-refractivity contribution in [2.24, 2.45) is 38.7 Å². The minimum absolute atomic E-state index is 0.0237. The Hall–Kier alpha value is -2.34. The predicted octanol–water partition coefficient (Wildman–Crippen LogP) is 7.38. The maximum absolute atomic E-state index is 12.6. The van der Waals surface area contributed by atoms with Crippen molar-refractivity contribution >= 4 is 11.7 Å². The van der Waals surface area contributed by atoms with Crippen LogP contribution in [0.5, 0.6) is 0 Å². The van der Waals surface area contributed by atoms with Crippen molar-refractivity contribution in [2.75, 3.05) is 26.2 Å². The summed E-state index contributed by atoms with van der Waals surface area (Å²) in [5.41, 5.74) is 3.26. The molecule has 0 N–H and O–H groups in total. The number of allylic oxidation sites excluding steroid dienone is 3. The molecule has 6 nitrogen and oxygen atoms in total. The predicted molar refractivity (Wildman–Crippen MR) is 159 cm³/mol. The van der Waals surface area contributed by atoms with Gasteiger partial charge in [0.15, 0.2) is 0 Å². The van der Waals surface area contributed by atoms with Crippen LogP contribution < -0.4 is 0 Å². The molecule has 0 unspecified atom stereocenters. The second-order valence-corrected chi connectivity index (χ2v) is 13.9. The zero-order chi connectivity index (χ0) is 28.9. The van der Waals surface area contributed by atoms with E-state index in [0.29, 0.717) is 18.4 Å². The maximum atomic E-state index is 12.6. The lowest BCUT2D eigenvalue weighted by Gasteiger charge is -2.66. The molecule has 1 heterocycles. The van der Waals surface area contributed by atoms with E-state index in [1.807, 2.05) is 6.26 Å². The number of hydrogen-bond acceptors (Lipinski definition) is 6. The highest BCUT2D eigenvalue weighted by Gasteiger charge is 2.68. The van der Waals surface area contributed by atoms with Crippen LogP contribution in [0.1, 0.15) is 92.6 Å². The van der Waals surface area contributed by atoms with E-state index < -0.39 is 0 Å². The first-order chi connectivity index (χ1) is 18.9. The van der Waals surface area contributed by atoms with Crippen molar-refractivity contribution in [1.29, 1.82) is 0 Å². The molecule has 0 bridgehead atoms. The number of carbonyl (C=O) groups excluding carboxylic acids is 1. The van der Waals surface area contributed by atoms with Crippen molar-refractivity contribution in [3.05, 3.63) is 48.0 Å². The van der Waals surface area contributed by atoms with Crippen LogP contribution >= 0.6 is 0 Å². The lowest BCUT2D eigenvalue weighted by atomic mass is 9.38. The van der Waals surface area contributed by atoms with E-state index in [1.165, 1.54) is 11.1 Å². The largest absolute Gasteiger partial charge is 0.472 e. The zero-order valence-electron chi connectivity index (χ0n) is 26.0. The van der Waals surface area contributed by atoms with Crippen molar-refractivity contribution in [1.82, 2.24) is 4.90 Å². The minimum atomic E-state index is -0.238. The highest BCUT2D eigenvalue weighted by Crippen LogP contribution is 2.73. The first-order valence-electron chi connectivity index (χ1n) is 15.4. The number of esters is 1. The van der Waals surface area contributed by atoms with Crippen LogP contribution in [0.15, 0.2) is 52.0 Å². The van der Waals surface area contributed by atoms with Crippen LogP contribution in [0.3, 0.4) is 0 Å². The molecule has 220 valence electrons. The van der Waals surface area contributed by atoms with Crippen LogP contribution in [0, 0.1) is 33.5 Å². The van der Waals surface area contributed by atoms with Crippen molar-refractivity contribution < 1.29 is 18.8 Å². The molecule has 7 atom stereocenters. The number of rotatable bonds is 8. The average molecular weight is 551 g/mol. The third-order valence-corrected chi connectivity index (χ3v) is 11.8. The fourth-order valence-corrected chi connectivity index (χ4v) is 9.58. The van der Waals surface area contributed by atoms with Crippen LogP contribution in [0.25, 0.3) is 0 Å². The van der Waals surface area contributed by atoms with E-state index in [1.54, 1.807) is 13.2 Å². The van der Waals surface area contributed by atoms with Crippen LogP contribution in [-0.2, 0) is 14.4 Å². The summed E-state index contributed by atoms with van der Waals surface area (Å²) in [6, 6.07) is 2.13. The van der Waals surface area contributed by atoms with Gasteiger partial charge in [0.25, 0.3) is 0 Å². The van der Waals surface area contributed by atoms with E-state index in [2.05, 4.69) is 82.8 Å². The molecule has 0 saturated heterocycles. The summed E-state index contributed by atoms with van der Waals surface area (Å²) in [6.07, 6.45) is 14.7. The first-order valence-corrected chi connectivity index (χ1v) is 15.4. The second kappa shape index (κ2) is 10.5. The molecule has 4 aliphatic carbocycles. The van der Waals surface area contributed by atoms with Crippen molar-refractivity contribution in [3.8, 4) is 0 Å². The van der Waals surface area contributed by atoms with E-state index in [9.17, 15) is 4.79 Å². The highest BCUT2D eigenvalue weighted by atomic mass is 16.6. The summed E-state index contributed by atoms with van der Waals surface area (Å²) < 4.78 is 11.8. The van der Waals surface area contributed by atoms with Crippen molar-refractivity contribution in [2.45, 2.75) is 93.1 Å². The van der Waals surface area contributed by atoms with E-state index in [0.717, 1.165) is 51.0 Å². The lowest BCUT2D eigenvalue weighted by Crippen LogP contribution is -2.64. The van der Waals surface area contributed by atoms with Gasteiger partial charge in [0.2, 0.25) is 0 Å². The molecule has 40 heavy (non-hydrogen) atoms. The topological polar surface area (TPSA) is 64.3 Å². The molecule has 1 aromatic heterocycles.